The minimum Gasteiger partial charge on any atom is -0.456 e. The highest BCUT2D eigenvalue weighted by molar-refractivity contribution is 6.25. The molecule has 0 N–H and O–H groups in total. The largest absolute Gasteiger partial charge is 0.456 e. The van der Waals surface area contributed by atoms with Gasteiger partial charge in [-0.25, -0.2) is 0 Å². The lowest BCUT2D eigenvalue weighted by atomic mass is 9.96. The summed E-state index contributed by atoms with van der Waals surface area (Å²) in [4.78, 5) is 0. The Morgan fingerprint density at radius 3 is 1.94 bits per heavy atom. The lowest BCUT2D eigenvalue weighted by Crippen LogP contribution is -1.99. The average Bonchev–Trinajstić information content (AvgIpc) is 3.79. The monoisotopic (exact) mass is 599 g/mol. The Kier molecular flexibility index (Phi) is 5.32. The van der Waals surface area contributed by atoms with Gasteiger partial charge < -0.3 is 13.6 Å². The summed E-state index contributed by atoms with van der Waals surface area (Å²) in [6, 6.07) is 55.2. The lowest BCUT2D eigenvalue weighted by molar-refractivity contribution is 0.669. The SMILES string of the molecule is N#Cc1cccc(-n2c3ccccc3c3ccccc32)c1-c1ccc2c(c1)c1ccc3oc4ccccc4c3c1n2-c1ccccc1. The molecule has 10 aromatic rings. The molecular formula is C43H25N3O. The van der Waals surface area contributed by atoms with E-state index in [1.807, 2.05) is 30.3 Å². The Morgan fingerprint density at radius 1 is 0.489 bits per heavy atom. The van der Waals surface area contributed by atoms with Gasteiger partial charge in [0.05, 0.1) is 44.8 Å². The second kappa shape index (κ2) is 9.71. The van der Waals surface area contributed by atoms with Gasteiger partial charge in [-0.1, -0.05) is 84.9 Å². The molecule has 218 valence electrons. The molecular weight excluding hydrogens is 574 g/mol. The number of hydrogen-bond acceptors (Lipinski definition) is 2. The van der Waals surface area contributed by atoms with Crippen LogP contribution in [0, 0.1) is 11.3 Å². The van der Waals surface area contributed by atoms with Crippen molar-refractivity contribution >= 4 is 65.6 Å². The highest BCUT2D eigenvalue weighted by Gasteiger charge is 2.22. The number of para-hydroxylation sites is 4. The molecule has 3 heterocycles. The van der Waals surface area contributed by atoms with Gasteiger partial charge in [0, 0.05) is 38.2 Å². The molecule has 7 aromatic carbocycles. The van der Waals surface area contributed by atoms with E-state index in [0.29, 0.717) is 5.56 Å². The first-order valence-electron chi connectivity index (χ1n) is 15.8. The third-order valence-electron chi connectivity index (χ3n) is 9.55. The number of aromatic nitrogens is 2. The van der Waals surface area contributed by atoms with Crippen LogP contribution in [0.15, 0.2) is 156 Å². The number of furan rings is 1. The summed E-state index contributed by atoms with van der Waals surface area (Å²) in [5.74, 6) is 0. The minimum absolute atomic E-state index is 0.638. The average molecular weight is 600 g/mol. The van der Waals surface area contributed by atoms with E-state index in [2.05, 4.69) is 137 Å². The second-order valence-corrected chi connectivity index (χ2v) is 12.0. The van der Waals surface area contributed by atoms with Gasteiger partial charge in [0.1, 0.15) is 11.2 Å². The zero-order valence-electron chi connectivity index (χ0n) is 25.2. The summed E-state index contributed by atoms with van der Waals surface area (Å²) in [6.07, 6.45) is 0. The van der Waals surface area contributed by atoms with Crippen LogP contribution in [0.25, 0.3) is 88.1 Å². The van der Waals surface area contributed by atoms with Crippen molar-refractivity contribution in [2.45, 2.75) is 0 Å². The molecule has 0 fully saturated rings. The van der Waals surface area contributed by atoms with Gasteiger partial charge in [0.2, 0.25) is 0 Å². The zero-order valence-corrected chi connectivity index (χ0v) is 25.2. The molecule has 4 nitrogen and oxygen atoms in total. The molecule has 0 saturated carbocycles. The molecule has 0 amide bonds. The van der Waals surface area contributed by atoms with Crippen molar-refractivity contribution in [3.05, 3.63) is 157 Å². The summed E-state index contributed by atoms with van der Waals surface area (Å²) in [5.41, 5.74) is 10.8. The summed E-state index contributed by atoms with van der Waals surface area (Å²) in [7, 11) is 0. The Bertz CT molecular complexity index is 2860. The van der Waals surface area contributed by atoms with E-state index in [0.717, 1.165) is 77.3 Å². The van der Waals surface area contributed by atoms with Crippen LogP contribution >= 0.6 is 0 Å². The predicted octanol–water partition coefficient (Wildman–Crippen LogP) is 11.3. The predicted molar refractivity (Wildman–Crippen MR) is 193 cm³/mol. The smallest absolute Gasteiger partial charge is 0.137 e. The molecule has 0 spiro atoms. The Labute approximate surface area is 269 Å². The van der Waals surface area contributed by atoms with Crippen molar-refractivity contribution in [2.24, 2.45) is 0 Å². The third-order valence-corrected chi connectivity index (χ3v) is 9.55. The summed E-state index contributed by atoms with van der Waals surface area (Å²) in [6.45, 7) is 0. The van der Waals surface area contributed by atoms with Gasteiger partial charge in [0.25, 0.3) is 0 Å². The van der Waals surface area contributed by atoms with Gasteiger partial charge in [-0.3, -0.25) is 0 Å². The highest BCUT2D eigenvalue weighted by atomic mass is 16.3. The van der Waals surface area contributed by atoms with Gasteiger partial charge in [-0.15, -0.1) is 0 Å². The molecule has 0 aliphatic rings. The van der Waals surface area contributed by atoms with Crippen molar-refractivity contribution in [2.75, 3.05) is 0 Å². The molecule has 4 heteroatoms. The minimum atomic E-state index is 0.638. The molecule has 0 saturated heterocycles. The fraction of sp³-hybridized carbons (Fsp3) is 0. The van der Waals surface area contributed by atoms with Crippen LogP contribution in [0.4, 0.5) is 0 Å². The van der Waals surface area contributed by atoms with Gasteiger partial charge in [0.15, 0.2) is 0 Å². The fourth-order valence-electron chi connectivity index (χ4n) is 7.62. The summed E-state index contributed by atoms with van der Waals surface area (Å²) in [5, 5.41) is 17.3. The molecule has 0 radical (unpaired) electrons. The van der Waals surface area contributed by atoms with E-state index in [1.165, 1.54) is 10.8 Å². The van der Waals surface area contributed by atoms with Crippen molar-refractivity contribution in [3.8, 4) is 28.6 Å². The number of nitriles is 1. The molecule has 0 atom stereocenters. The Balaban J connectivity index is 1.33. The molecule has 0 aliphatic carbocycles. The second-order valence-electron chi connectivity index (χ2n) is 12.0. The van der Waals surface area contributed by atoms with E-state index >= 15 is 0 Å². The molecule has 47 heavy (non-hydrogen) atoms. The number of rotatable bonds is 3. The van der Waals surface area contributed by atoms with Gasteiger partial charge in [-0.2, -0.15) is 5.26 Å². The molecule has 0 aliphatic heterocycles. The van der Waals surface area contributed by atoms with Crippen LogP contribution < -0.4 is 0 Å². The van der Waals surface area contributed by atoms with Crippen molar-refractivity contribution in [3.63, 3.8) is 0 Å². The van der Waals surface area contributed by atoms with Crippen LogP contribution in [0.1, 0.15) is 5.56 Å². The number of nitrogens with zero attached hydrogens (tertiary/aromatic N) is 3. The first-order valence-corrected chi connectivity index (χ1v) is 15.8. The van der Waals surface area contributed by atoms with Crippen LogP contribution in [-0.2, 0) is 0 Å². The first-order chi connectivity index (χ1) is 23.3. The van der Waals surface area contributed by atoms with E-state index in [1.54, 1.807) is 0 Å². The molecule has 10 rings (SSSR count). The van der Waals surface area contributed by atoms with Crippen molar-refractivity contribution < 1.29 is 4.42 Å². The topological polar surface area (TPSA) is 46.8 Å². The first kappa shape index (κ1) is 25.7. The summed E-state index contributed by atoms with van der Waals surface area (Å²) >= 11 is 0. The standard InChI is InChI=1S/C43H25N3O/c44-26-28-11-10-19-38(46-35-17-7-4-14-30(35)31-15-5-8-18-36(31)46)41(28)27-21-23-37-34(25-27)32-22-24-40-42(33-16-6-9-20-39(33)47-40)43(32)45(37)29-12-2-1-3-13-29/h1-25H. The van der Waals surface area contributed by atoms with Crippen LogP contribution in [-0.4, -0.2) is 9.13 Å². The maximum Gasteiger partial charge on any atom is 0.137 e. The fourth-order valence-corrected chi connectivity index (χ4v) is 7.62. The Hall–Kier alpha value is -6.57. The normalized spacial score (nSPS) is 11.8. The number of fused-ring (bicyclic) bond motifs is 10. The number of hydrogen-bond donors (Lipinski definition) is 0. The maximum atomic E-state index is 10.5. The van der Waals surface area contributed by atoms with Crippen molar-refractivity contribution in [1.82, 2.24) is 9.13 Å². The van der Waals surface area contributed by atoms with Gasteiger partial charge >= 0.3 is 0 Å². The molecule has 3 aromatic heterocycles. The van der Waals surface area contributed by atoms with E-state index in [-0.39, 0.29) is 0 Å². The van der Waals surface area contributed by atoms with Crippen LogP contribution in [0.2, 0.25) is 0 Å². The number of benzene rings is 7. The Morgan fingerprint density at radius 2 is 1.17 bits per heavy atom. The molecule has 0 unspecified atom stereocenters. The molecule has 0 bridgehead atoms. The summed E-state index contributed by atoms with van der Waals surface area (Å²) < 4.78 is 11.0. The third kappa shape index (κ3) is 3.57. The van der Waals surface area contributed by atoms with Crippen LogP contribution in [0.3, 0.4) is 0 Å². The lowest BCUT2D eigenvalue weighted by Gasteiger charge is -2.16. The maximum absolute atomic E-state index is 10.5. The van der Waals surface area contributed by atoms with Crippen molar-refractivity contribution in [1.29, 1.82) is 5.26 Å². The van der Waals surface area contributed by atoms with Gasteiger partial charge in [-0.05, 0) is 72.3 Å². The zero-order chi connectivity index (χ0) is 31.1. The quantitative estimate of drug-likeness (QED) is 0.203. The van der Waals surface area contributed by atoms with Crippen LogP contribution in [0.5, 0.6) is 0 Å². The van der Waals surface area contributed by atoms with E-state index in [9.17, 15) is 5.26 Å². The van der Waals surface area contributed by atoms with E-state index < -0.39 is 0 Å². The van der Waals surface area contributed by atoms with E-state index in [4.69, 9.17) is 4.42 Å². The highest BCUT2D eigenvalue weighted by Crippen LogP contribution is 2.43.